The highest BCUT2D eigenvalue weighted by Gasteiger charge is 2.31. The van der Waals surface area contributed by atoms with E-state index in [1.807, 2.05) is 12.1 Å². The number of nitrogens with zero attached hydrogens (tertiary/aromatic N) is 1. The predicted molar refractivity (Wildman–Crippen MR) is 97.8 cm³/mol. The molecular formula is C20H31NO4. The molecule has 25 heavy (non-hydrogen) atoms. The minimum atomic E-state index is -0.0992. The molecule has 0 aliphatic carbocycles. The third kappa shape index (κ3) is 6.01. The monoisotopic (exact) mass is 349 g/mol. The summed E-state index contributed by atoms with van der Waals surface area (Å²) in [6.45, 7) is 2.25. The summed E-state index contributed by atoms with van der Waals surface area (Å²) < 4.78 is 15.8. The quantitative estimate of drug-likeness (QED) is 0.505. The maximum atomic E-state index is 12.0. The molecule has 0 bridgehead atoms. The van der Waals surface area contributed by atoms with Gasteiger partial charge in [-0.15, -0.1) is 0 Å². The molecule has 0 N–H and O–H groups in total. The molecule has 0 aromatic heterocycles. The molecule has 0 unspecified atom stereocenters. The zero-order chi connectivity index (χ0) is 18.1. The smallest absolute Gasteiger partial charge is 0.305 e. The van der Waals surface area contributed by atoms with E-state index in [-0.39, 0.29) is 12.0 Å². The summed E-state index contributed by atoms with van der Waals surface area (Å²) in [4.78, 5) is 14.3. The lowest BCUT2D eigenvalue weighted by atomic mass is 9.85. The molecule has 1 heterocycles. The van der Waals surface area contributed by atoms with Crippen molar-refractivity contribution in [1.29, 1.82) is 0 Å². The maximum Gasteiger partial charge on any atom is 0.305 e. The van der Waals surface area contributed by atoms with Crippen molar-refractivity contribution in [3.05, 3.63) is 29.8 Å². The van der Waals surface area contributed by atoms with Crippen LogP contribution in [0.2, 0.25) is 0 Å². The van der Waals surface area contributed by atoms with Crippen molar-refractivity contribution in [1.82, 2.24) is 4.90 Å². The SMILES string of the molecule is COCCCCC(=O)OC[C@H]1CCCN(C)[C@@H]1c1ccc(OC)cc1. The summed E-state index contributed by atoms with van der Waals surface area (Å²) in [7, 11) is 5.50. The second-order valence-corrected chi connectivity index (χ2v) is 6.73. The summed E-state index contributed by atoms with van der Waals surface area (Å²) in [5.41, 5.74) is 1.25. The molecule has 0 amide bonds. The highest BCUT2D eigenvalue weighted by Crippen LogP contribution is 2.35. The van der Waals surface area contributed by atoms with Gasteiger partial charge in [-0.3, -0.25) is 9.69 Å². The molecule has 1 aromatic carbocycles. The highest BCUT2D eigenvalue weighted by atomic mass is 16.5. The van der Waals surface area contributed by atoms with Gasteiger partial charge in [0.15, 0.2) is 0 Å². The van der Waals surface area contributed by atoms with Gasteiger partial charge in [0.2, 0.25) is 0 Å². The Hall–Kier alpha value is -1.59. The fourth-order valence-electron chi connectivity index (χ4n) is 3.55. The molecule has 2 rings (SSSR count). The van der Waals surface area contributed by atoms with Crippen molar-refractivity contribution in [3.63, 3.8) is 0 Å². The summed E-state index contributed by atoms with van der Waals surface area (Å²) in [6.07, 6.45) is 4.40. The van der Waals surface area contributed by atoms with Crippen molar-refractivity contribution in [2.24, 2.45) is 5.92 Å². The predicted octanol–water partition coefficient (Wildman–Crippen LogP) is 3.44. The first kappa shape index (κ1) is 19.7. The van der Waals surface area contributed by atoms with Gasteiger partial charge >= 0.3 is 5.97 Å². The Bertz CT molecular complexity index is 517. The van der Waals surface area contributed by atoms with Crippen molar-refractivity contribution in [2.45, 2.75) is 38.1 Å². The average Bonchev–Trinajstić information content (AvgIpc) is 2.64. The molecular weight excluding hydrogens is 318 g/mol. The lowest BCUT2D eigenvalue weighted by Crippen LogP contribution is -2.38. The van der Waals surface area contributed by atoms with Gasteiger partial charge in [0.1, 0.15) is 5.75 Å². The van der Waals surface area contributed by atoms with Gasteiger partial charge in [0.05, 0.1) is 13.7 Å². The van der Waals surface area contributed by atoms with E-state index >= 15 is 0 Å². The molecule has 0 spiro atoms. The van der Waals surface area contributed by atoms with Crippen LogP contribution in [0.1, 0.15) is 43.7 Å². The molecule has 2 atom stereocenters. The molecule has 5 heteroatoms. The normalized spacial score (nSPS) is 21.1. The second kappa shape index (κ2) is 10.4. The third-order valence-corrected chi connectivity index (χ3v) is 4.90. The van der Waals surface area contributed by atoms with Crippen LogP contribution in [0.4, 0.5) is 0 Å². The number of likely N-dealkylation sites (tertiary alicyclic amines) is 1. The zero-order valence-electron chi connectivity index (χ0n) is 15.7. The number of hydrogen-bond donors (Lipinski definition) is 0. The van der Waals surface area contributed by atoms with Gasteiger partial charge in [0, 0.05) is 32.1 Å². The Morgan fingerprint density at radius 3 is 2.64 bits per heavy atom. The lowest BCUT2D eigenvalue weighted by molar-refractivity contribution is -0.146. The fraction of sp³-hybridized carbons (Fsp3) is 0.650. The van der Waals surface area contributed by atoms with Crippen LogP contribution < -0.4 is 4.74 Å². The van der Waals surface area contributed by atoms with Crippen LogP contribution in [0.5, 0.6) is 5.75 Å². The van der Waals surface area contributed by atoms with Gasteiger partial charge in [-0.1, -0.05) is 12.1 Å². The number of esters is 1. The maximum absolute atomic E-state index is 12.0. The highest BCUT2D eigenvalue weighted by molar-refractivity contribution is 5.69. The second-order valence-electron chi connectivity index (χ2n) is 6.73. The zero-order valence-corrected chi connectivity index (χ0v) is 15.7. The van der Waals surface area contributed by atoms with Crippen molar-refractivity contribution in [3.8, 4) is 5.75 Å². The van der Waals surface area contributed by atoms with Gasteiger partial charge in [-0.2, -0.15) is 0 Å². The molecule has 1 fully saturated rings. The van der Waals surface area contributed by atoms with E-state index in [4.69, 9.17) is 14.2 Å². The molecule has 1 aromatic rings. The van der Waals surface area contributed by atoms with Gasteiger partial charge in [0.25, 0.3) is 0 Å². The topological polar surface area (TPSA) is 48.0 Å². The number of rotatable bonds is 9. The van der Waals surface area contributed by atoms with Crippen LogP contribution in [0.3, 0.4) is 0 Å². The standard InChI is InChI=1S/C20H31NO4/c1-21-13-6-7-17(15-25-19(22)8-4-5-14-23-2)20(21)16-9-11-18(24-3)12-10-16/h9-12,17,20H,4-8,13-15H2,1-3H3/t17-,20-/m1/s1. The number of methoxy groups -OCH3 is 2. The van der Waals surface area contributed by atoms with E-state index in [0.29, 0.717) is 25.6 Å². The van der Waals surface area contributed by atoms with Crippen molar-refractivity contribution in [2.75, 3.05) is 41.0 Å². The molecule has 5 nitrogen and oxygen atoms in total. The minimum absolute atomic E-state index is 0.0992. The summed E-state index contributed by atoms with van der Waals surface area (Å²) in [6, 6.07) is 8.50. The van der Waals surface area contributed by atoms with E-state index in [0.717, 1.165) is 38.0 Å². The molecule has 140 valence electrons. The summed E-state index contributed by atoms with van der Waals surface area (Å²) in [5.74, 6) is 1.09. The van der Waals surface area contributed by atoms with Crippen LogP contribution in [0.15, 0.2) is 24.3 Å². The van der Waals surface area contributed by atoms with Crippen molar-refractivity contribution >= 4 is 5.97 Å². The first-order chi connectivity index (χ1) is 12.2. The van der Waals surface area contributed by atoms with E-state index in [9.17, 15) is 4.79 Å². The number of hydrogen-bond acceptors (Lipinski definition) is 5. The molecule has 0 radical (unpaired) electrons. The van der Waals surface area contributed by atoms with Gasteiger partial charge < -0.3 is 14.2 Å². The Labute approximate surface area is 151 Å². The largest absolute Gasteiger partial charge is 0.497 e. The van der Waals surface area contributed by atoms with Crippen LogP contribution in [-0.2, 0) is 14.3 Å². The first-order valence-electron chi connectivity index (χ1n) is 9.14. The minimum Gasteiger partial charge on any atom is -0.497 e. The van der Waals surface area contributed by atoms with E-state index in [1.54, 1.807) is 14.2 Å². The Morgan fingerprint density at radius 2 is 1.96 bits per heavy atom. The Balaban J connectivity index is 1.91. The van der Waals surface area contributed by atoms with E-state index in [1.165, 1.54) is 5.56 Å². The third-order valence-electron chi connectivity index (χ3n) is 4.90. The average molecular weight is 349 g/mol. The number of carbonyl (C=O) groups is 1. The van der Waals surface area contributed by atoms with Crippen LogP contribution in [-0.4, -0.2) is 51.9 Å². The summed E-state index contributed by atoms with van der Waals surface area (Å²) in [5, 5.41) is 0. The van der Waals surface area contributed by atoms with Crippen LogP contribution in [0, 0.1) is 5.92 Å². The number of ether oxygens (including phenoxy) is 3. The number of unbranched alkanes of at least 4 members (excludes halogenated alkanes) is 1. The Kier molecular flexibility index (Phi) is 8.22. The van der Waals surface area contributed by atoms with E-state index in [2.05, 4.69) is 24.1 Å². The first-order valence-corrected chi connectivity index (χ1v) is 9.14. The summed E-state index contributed by atoms with van der Waals surface area (Å²) >= 11 is 0. The number of benzene rings is 1. The number of carbonyl (C=O) groups excluding carboxylic acids is 1. The lowest BCUT2D eigenvalue weighted by Gasteiger charge is -2.39. The Morgan fingerprint density at radius 1 is 1.20 bits per heavy atom. The number of piperidine rings is 1. The molecule has 1 saturated heterocycles. The fourth-order valence-corrected chi connectivity index (χ4v) is 3.55. The molecule has 0 saturated carbocycles. The molecule has 1 aliphatic heterocycles. The molecule has 1 aliphatic rings. The van der Waals surface area contributed by atoms with Gasteiger partial charge in [-0.05, 0) is 57.0 Å². The van der Waals surface area contributed by atoms with Crippen LogP contribution in [0.25, 0.3) is 0 Å². The van der Waals surface area contributed by atoms with Gasteiger partial charge in [-0.25, -0.2) is 0 Å². The van der Waals surface area contributed by atoms with Crippen molar-refractivity contribution < 1.29 is 19.0 Å². The van der Waals surface area contributed by atoms with E-state index < -0.39 is 0 Å². The van der Waals surface area contributed by atoms with Crippen LogP contribution >= 0.6 is 0 Å².